The number of aldehydes is 1. The zero-order chi connectivity index (χ0) is 12.5. The van der Waals surface area contributed by atoms with E-state index in [9.17, 15) is 4.79 Å². The molecule has 1 aromatic carbocycles. The number of benzene rings is 1. The molecule has 94 valence electrons. The first-order valence-corrected chi connectivity index (χ1v) is 6.78. The van der Waals surface area contributed by atoms with Crippen LogP contribution in [0.5, 0.6) is 0 Å². The number of carbonyl (C=O) groups is 1. The van der Waals surface area contributed by atoms with Crippen LogP contribution in [0.2, 0.25) is 0 Å². The highest BCUT2D eigenvalue weighted by atomic mass is 16.1. The van der Waals surface area contributed by atoms with Gasteiger partial charge in [-0.3, -0.25) is 4.79 Å². The first-order valence-electron chi connectivity index (χ1n) is 6.78. The van der Waals surface area contributed by atoms with Crippen LogP contribution in [0.25, 0.3) is 0 Å². The lowest BCUT2D eigenvalue weighted by molar-refractivity contribution is 0.112. The van der Waals surface area contributed by atoms with Gasteiger partial charge in [0, 0.05) is 5.56 Å². The molecule has 0 heterocycles. The van der Waals surface area contributed by atoms with Crippen molar-refractivity contribution < 1.29 is 4.79 Å². The third-order valence-corrected chi connectivity index (χ3v) is 3.62. The summed E-state index contributed by atoms with van der Waals surface area (Å²) in [7, 11) is 0. The smallest absolute Gasteiger partial charge is 0.150 e. The normalized spacial score (nSPS) is 15.9. The van der Waals surface area contributed by atoms with Crippen LogP contribution in [0.1, 0.15) is 61.4 Å². The summed E-state index contributed by atoms with van der Waals surface area (Å²) >= 11 is 0. The highest BCUT2D eigenvalue weighted by molar-refractivity contribution is 5.76. The van der Waals surface area contributed by atoms with Crippen LogP contribution >= 0.6 is 0 Å². The summed E-state index contributed by atoms with van der Waals surface area (Å²) in [5.74, 6) is 1.09. The molecule has 1 aliphatic rings. The fraction of sp³-hybridized carbons (Fsp3) is 0.562. The fourth-order valence-electron chi connectivity index (χ4n) is 2.31. The summed E-state index contributed by atoms with van der Waals surface area (Å²) in [4.78, 5) is 10.2. The minimum absolute atomic E-state index is 0.775. The Morgan fingerprint density at radius 2 is 1.82 bits per heavy atom. The van der Waals surface area contributed by atoms with Crippen LogP contribution < -0.4 is 0 Å². The van der Waals surface area contributed by atoms with E-state index in [1.165, 1.54) is 38.5 Å². The molecule has 0 saturated heterocycles. The highest BCUT2D eigenvalue weighted by Crippen LogP contribution is 2.25. The van der Waals surface area contributed by atoms with E-state index in [4.69, 9.17) is 0 Å². The molecule has 0 N–H and O–H groups in total. The zero-order valence-corrected chi connectivity index (χ0v) is 11.1. The van der Waals surface area contributed by atoms with Gasteiger partial charge in [-0.25, -0.2) is 0 Å². The van der Waals surface area contributed by atoms with Gasteiger partial charge in [0.2, 0.25) is 0 Å². The maximum atomic E-state index is 10.2. The molecule has 2 rings (SSSR count). The van der Waals surface area contributed by atoms with Crippen molar-refractivity contribution in [2.75, 3.05) is 0 Å². The summed E-state index contributed by atoms with van der Waals surface area (Å²) in [6.45, 7) is 4.24. The third kappa shape index (κ3) is 5.16. The van der Waals surface area contributed by atoms with E-state index in [0.717, 1.165) is 23.3 Å². The van der Waals surface area contributed by atoms with Crippen LogP contribution in [0, 0.1) is 12.8 Å². The minimum atomic E-state index is 0.775. The number of carbonyl (C=O) groups excluding carboxylic acids is 1. The van der Waals surface area contributed by atoms with E-state index >= 15 is 0 Å². The van der Waals surface area contributed by atoms with Crippen molar-refractivity contribution in [3.63, 3.8) is 0 Å². The Morgan fingerprint density at radius 1 is 1.18 bits per heavy atom. The average molecular weight is 232 g/mol. The van der Waals surface area contributed by atoms with Crippen LogP contribution in [0.15, 0.2) is 24.3 Å². The minimum Gasteiger partial charge on any atom is -0.298 e. The summed E-state index contributed by atoms with van der Waals surface area (Å²) in [6, 6.07) is 7.51. The molecule has 1 fully saturated rings. The Kier molecular flexibility index (Phi) is 6.61. The monoisotopic (exact) mass is 232 g/mol. The first kappa shape index (κ1) is 14.0. The van der Waals surface area contributed by atoms with E-state index in [0.29, 0.717) is 0 Å². The van der Waals surface area contributed by atoms with E-state index in [1.54, 1.807) is 0 Å². The maximum Gasteiger partial charge on any atom is 0.150 e. The highest BCUT2D eigenvalue weighted by Gasteiger charge is 2.09. The summed E-state index contributed by atoms with van der Waals surface area (Å²) in [6.07, 6.45) is 9.80. The molecule has 0 bridgehead atoms. The maximum absolute atomic E-state index is 10.2. The van der Waals surface area contributed by atoms with Crippen molar-refractivity contribution in [2.24, 2.45) is 5.92 Å². The van der Waals surface area contributed by atoms with Crippen LogP contribution in [0.4, 0.5) is 0 Å². The second-order valence-electron chi connectivity index (χ2n) is 4.89. The van der Waals surface area contributed by atoms with Gasteiger partial charge in [-0.1, -0.05) is 69.7 Å². The van der Waals surface area contributed by atoms with Crippen LogP contribution in [-0.2, 0) is 0 Å². The largest absolute Gasteiger partial charge is 0.298 e. The Labute approximate surface area is 105 Å². The van der Waals surface area contributed by atoms with Crippen molar-refractivity contribution in [3.05, 3.63) is 35.4 Å². The number of aryl methyl sites for hydroxylation is 1. The van der Waals surface area contributed by atoms with Crippen molar-refractivity contribution in [2.45, 2.75) is 52.4 Å². The molecule has 1 aliphatic carbocycles. The lowest BCUT2D eigenvalue weighted by Crippen LogP contribution is -2.03. The molecule has 0 radical (unpaired) electrons. The molecule has 0 aliphatic heterocycles. The summed E-state index contributed by atoms with van der Waals surface area (Å²) in [5, 5.41) is 0. The van der Waals surface area contributed by atoms with Gasteiger partial charge < -0.3 is 0 Å². The number of rotatable bonds is 2. The second-order valence-corrected chi connectivity index (χ2v) is 4.89. The molecular weight excluding hydrogens is 208 g/mol. The molecule has 0 amide bonds. The fourth-order valence-corrected chi connectivity index (χ4v) is 2.31. The van der Waals surface area contributed by atoms with E-state index < -0.39 is 0 Å². The number of hydrogen-bond acceptors (Lipinski definition) is 1. The van der Waals surface area contributed by atoms with Gasteiger partial charge in [0.15, 0.2) is 0 Å². The van der Waals surface area contributed by atoms with Gasteiger partial charge in [0.05, 0.1) is 0 Å². The van der Waals surface area contributed by atoms with Gasteiger partial charge in [-0.05, 0) is 18.4 Å². The SMILES string of the molecule is CCC1CCCCC1.Cc1ccccc1C=O. The third-order valence-electron chi connectivity index (χ3n) is 3.62. The van der Waals surface area contributed by atoms with Gasteiger partial charge in [-0.15, -0.1) is 0 Å². The van der Waals surface area contributed by atoms with Gasteiger partial charge in [0.1, 0.15) is 6.29 Å². The molecule has 1 aromatic rings. The molecule has 17 heavy (non-hydrogen) atoms. The first-order chi connectivity index (χ1) is 8.27. The van der Waals surface area contributed by atoms with Crippen LogP contribution in [-0.4, -0.2) is 6.29 Å². The Morgan fingerprint density at radius 3 is 2.24 bits per heavy atom. The quantitative estimate of drug-likeness (QED) is 0.670. The topological polar surface area (TPSA) is 17.1 Å². The molecule has 0 aromatic heterocycles. The Hall–Kier alpha value is -1.11. The van der Waals surface area contributed by atoms with E-state index in [2.05, 4.69) is 6.92 Å². The predicted octanol–water partition coefficient (Wildman–Crippen LogP) is 4.78. The molecule has 0 atom stereocenters. The van der Waals surface area contributed by atoms with E-state index in [-0.39, 0.29) is 0 Å². The molecule has 1 saturated carbocycles. The summed E-state index contributed by atoms with van der Waals surface area (Å²) in [5.41, 5.74) is 1.81. The second kappa shape index (κ2) is 8.05. The molecule has 0 spiro atoms. The molecule has 0 unspecified atom stereocenters. The van der Waals surface area contributed by atoms with Crippen molar-refractivity contribution in [1.29, 1.82) is 0 Å². The molecule has 1 nitrogen and oxygen atoms in total. The van der Waals surface area contributed by atoms with E-state index in [1.807, 2.05) is 31.2 Å². The average Bonchev–Trinajstić information content (AvgIpc) is 2.41. The van der Waals surface area contributed by atoms with Gasteiger partial charge in [-0.2, -0.15) is 0 Å². The zero-order valence-electron chi connectivity index (χ0n) is 11.1. The van der Waals surface area contributed by atoms with Crippen molar-refractivity contribution in [1.82, 2.24) is 0 Å². The Bertz CT molecular complexity index is 324. The number of hydrogen-bond donors (Lipinski definition) is 0. The van der Waals surface area contributed by atoms with Crippen molar-refractivity contribution in [3.8, 4) is 0 Å². The standard InChI is InChI=1S/C8H8O.C8H16/c1-7-4-2-3-5-8(7)6-9;1-2-8-6-4-3-5-7-8/h2-6H,1H3;8H,2-7H2,1H3. The van der Waals surface area contributed by atoms with Gasteiger partial charge >= 0.3 is 0 Å². The molecule has 1 heteroatoms. The lowest BCUT2D eigenvalue weighted by Gasteiger charge is -2.18. The lowest BCUT2D eigenvalue weighted by atomic mass is 9.88. The summed E-state index contributed by atoms with van der Waals surface area (Å²) < 4.78 is 0. The van der Waals surface area contributed by atoms with Gasteiger partial charge in [0.25, 0.3) is 0 Å². The molecular formula is C16H24O. The van der Waals surface area contributed by atoms with Crippen LogP contribution in [0.3, 0.4) is 0 Å². The van der Waals surface area contributed by atoms with Crippen molar-refractivity contribution >= 4 is 6.29 Å². The Balaban J connectivity index is 0.000000171. The predicted molar refractivity (Wildman–Crippen MR) is 73.4 cm³/mol.